The number of pyridine rings is 1. The lowest BCUT2D eigenvalue weighted by Crippen LogP contribution is -2.08. The fourth-order valence-electron chi connectivity index (χ4n) is 2.05. The van der Waals surface area contributed by atoms with Crippen LogP contribution in [-0.2, 0) is 0 Å². The van der Waals surface area contributed by atoms with Crippen LogP contribution in [0, 0.1) is 5.82 Å². The lowest BCUT2D eigenvalue weighted by Gasteiger charge is -2.19. The van der Waals surface area contributed by atoms with Crippen LogP contribution < -0.4 is 16.3 Å². The van der Waals surface area contributed by atoms with E-state index >= 15 is 0 Å². The van der Waals surface area contributed by atoms with E-state index in [1.54, 1.807) is 13.0 Å². The molecular formula is C18H21Cl2FN4O. The van der Waals surface area contributed by atoms with Gasteiger partial charge in [-0.05, 0) is 30.7 Å². The summed E-state index contributed by atoms with van der Waals surface area (Å²) in [6.07, 6.45) is 2.23. The summed E-state index contributed by atoms with van der Waals surface area (Å²) in [6, 6.07) is 4.23. The van der Waals surface area contributed by atoms with Crippen molar-refractivity contribution in [3.63, 3.8) is 0 Å². The summed E-state index contributed by atoms with van der Waals surface area (Å²) in [5.41, 5.74) is 7.31. The lowest BCUT2D eigenvalue weighted by molar-refractivity contribution is 0.227. The summed E-state index contributed by atoms with van der Waals surface area (Å²) < 4.78 is 19.4. The van der Waals surface area contributed by atoms with Gasteiger partial charge in [-0.2, -0.15) is 5.10 Å². The third-order valence-electron chi connectivity index (χ3n) is 3.27. The Labute approximate surface area is 162 Å². The molecular weight excluding hydrogens is 378 g/mol. The van der Waals surface area contributed by atoms with Crippen molar-refractivity contribution in [1.29, 1.82) is 0 Å². The van der Waals surface area contributed by atoms with E-state index < -0.39 is 11.9 Å². The maximum Gasteiger partial charge on any atom is 0.166 e. The summed E-state index contributed by atoms with van der Waals surface area (Å²) in [5, 5.41) is 3.59. The van der Waals surface area contributed by atoms with Gasteiger partial charge in [-0.1, -0.05) is 43.6 Å². The molecule has 5 nitrogen and oxygen atoms in total. The Bertz CT molecular complexity index is 812. The molecule has 0 amide bonds. The number of halogens is 3. The molecule has 26 heavy (non-hydrogen) atoms. The lowest BCUT2D eigenvalue weighted by atomic mass is 10.1. The van der Waals surface area contributed by atoms with E-state index in [2.05, 4.69) is 16.7 Å². The second kappa shape index (κ2) is 9.99. The van der Waals surface area contributed by atoms with Gasteiger partial charge >= 0.3 is 0 Å². The molecule has 1 heterocycles. The van der Waals surface area contributed by atoms with Crippen molar-refractivity contribution >= 4 is 40.8 Å². The predicted octanol–water partition coefficient (Wildman–Crippen LogP) is 5.23. The summed E-state index contributed by atoms with van der Waals surface area (Å²) in [6.45, 7) is 9.48. The molecule has 0 saturated heterocycles. The van der Waals surface area contributed by atoms with Crippen LogP contribution >= 0.6 is 23.2 Å². The average Bonchev–Trinajstić information content (AvgIpc) is 2.62. The Morgan fingerprint density at radius 2 is 2.04 bits per heavy atom. The van der Waals surface area contributed by atoms with Crippen LogP contribution in [0.5, 0.6) is 5.75 Å². The topological polar surface area (TPSA) is 86.5 Å². The van der Waals surface area contributed by atoms with Gasteiger partial charge in [0.1, 0.15) is 11.9 Å². The van der Waals surface area contributed by atoms with Crippen molar-refractivity contribution in [2.45, 2.75) is 26.9 Å². The number of anilines is 1. The minimum absolute atomic E-state index is 0.0997. The predicted molar refractivity (Wildman–Crippen MR) is 107 cm³/mol. The van der Waals surface area contributed by atoms with Crippen LogP contribution in [0.4, 0.5) is 10.2 Å². The fourth-order valence-corrected chi connectivity index (χ4v) is 2.73. The van der Waals surface area contributed by atoms with E-state index in [0.717, 1.165) is 0 Å². The summed E-state index contributed by atoms with van der Waals surface area (Å²) >= 11 is 12.1. The quantitative estimate of drug-likeness (QED) is 0.312. The minimum atomic E-state index is -0.656. The summed E-state index contributed by atoms with van der Waals surface area (Å²) in [5.74, 6) is 4.96. The average molecular weight is 399 g/mol. The van der Waals surface area contributed by atoms with Crippen LogP contribution in [0.25, 0.3) is 5.57 Å². The van der Waals surface area contributed by atoms with Crippen molar-refractivity contribution in [1.82, 2.24) is 4.98 Å². The Kier molecular flexibility index (Phi) is 8.35. The highest BCUT2D eigenvalue weighted by atomic mass is 35.5. The minimum Gasteiger partial charge on any atom is -0.482 e. The first-order chi connectivity index (χ1) is 12.3. The second-order valence-corrected chi connectivity index (χ2v) is 5.71. The number of aromatic nitrogens is 1. The molecule has 2 rings (SSSR count). The number of nitrogens with zero attached hydrogens (tertiary/aromatic N) is 2. The van der Waals surface area contributed by atoms with Crippen LogP contribution in [0.3, 0.4) is 0 Å². The first-order valence-corrected chi connectivity index (χ1v) is 8.58. The zero-order chi connectivity index (χ0) is 19.9. The molecule has 4 N–H and O–H groups in total. The molecule has 0 bridgehead atoms. The Balaban J connectivity index is 0.00000163. The zero-order valence-electron chi connectivity index (χ0n) is 14.8. The maximum atomic E-state index is 13.7. The third kappa shape index (κ3) is 5.09. The SMILES string of the molecule is C=C(/C=N\N)c1cnc(N)c(OC(C)c2c(Cl)ccc(F)c2Cl)c1.CC. The van der Waals surface area contributed by atoms with E-state index in [9.17, 15) is 4.39 Å². The number of nitrogens with two attached hydrogens (primary N) is 2. The van der Waals surface area contributed by atoms with Gasteiger partial charge < -0.3 is 16.3 Å². The van der Waals surface area contributed by atoms with Crippen LogP contribution in [0.1, 0.15) is 38.0 Å². The molecule has 0 fully saturated rings. The summed E-state index contributed by atoms with van der Waals surface area (Å²) in [7, 11) is 0. The molecule has 140 valence electrons. The van der Waals surface area contributed by atoms with Crippen LogP contribution in [0.2, 0.25) is 10.0 Å². The molecule has 1 aromatic carbocycles. The van der Waals surface area contributed by atoms with Gasteiger partial charge in [-0.25, -0.2) is 9.37 Å². The van der Waals surface area contributed by atoms with Gasteiger partial charge in [0, 0.05) is 22.3 Å². The number of allylic oxidation sites excluding steroid dienone is 1. The largest absolute Gasteiger partial charge is 0.482 e. The Hall–Kier alpha value is -2.31. The van der Waals surface area contributed by atoms with E-state index in [4.69, 9.17) is 39.5 Å². The first kappa shape index (κ1) is 21.7. The summed E-state index contributed by atoms with van der Waals surface area (Å²) in [4.78, 5) is 4.04. The second-order valence-electron chi connectivity index (χ2n) is 4.93. The first-order valence-electron chi connectivity index (χ1n) is 7.83. The smallest absolute Gasteiger partial charge is 0.166 e. The maximum absolute atomic E-state index is 13.7. The van der Waals surface area contributed by atoms with E-state index in [-0.39, 0.29) is 21.6 Å². The highest BCUT2D eigenvalue weighted by molar-refractivity contribution is 6.36. The van der Waals surface area contributed by atoms with Crippen molar-refractivity contribution in [2.75, 3.05) is 5.73 Å². The van der Waals surface area contributed by atoms with Crippen LogP contribution in [0.15, 0.2) is 36.1 Å². The number of rotatable bonds is 5. The molecule has 1 atom stereocenters. The van der Waals surface area contributed by atoms with Gasteiger partial charge in [-0.3, -0.25) is 0 Å². The van der Waals surface area contributed by atoms with E-state index in [1.807, 2.05) is 13.8 Å². The number of hydrogen-bond acceptors (Lipinski definition) is 5. The van der Waals surface area contributed by atoms with Gasteiger partial charge in [-0.15, -0.1) is 0 Å². The number of nitrogen functional groups attached to an aromatic ring is 1. The van der Waals surface area contributed by atoms with Gasteiger partial charge in [0.25, 0.3) is 0 Å². The molecule has 0 aliphatic rings. The molecule has 0 aliphatic heterocycles. The number of hydrazone groups is 1. The van der Waals surface area contributed by atoms with Crippen molar-refractivity contribution < 1.29 is 9.13 Å². The standard InChI is InChI=1S/C16H15Cl2FN4O.C2H6/c1-8(6-23-21)10-5-13(16(20)22-7-10)24-9(2)14-11(17)3-4-12(19)15(14)18;1-2/h3-7,9H,1,21H2,2H3,(H2,20,22);1-2H3/b23-6-;. The normalized spacial score (nSPS) is 11.6. The Morgan fingerprint density at radius 3 is 2.65 bits per heavy atom. The van der Waals surface area contributed by atoms with Crippen molar-refractivity contribution in [3.05, 3.63) is 58.0 Å². The molecule has 8 heteroatoms. The van der Waals surface area contributed by atoms with Crippen molar-refractivity contribution in [2.24, 2.45) is 10.9 Å². The van der Waals surface area contributed by atoms with E-state index in [0.29, 0.717) is 16.7 Å². The molecule has 1 aromatic heterocycles. The molecule has 0 aliphatic carbocycles. The monoisotopic (exact) mass is 398 g/mol. The zero-order valence-corrected chi connectivity index (χ0v) is 16.3. The fraction of sp³-hybridized carbons (Fsp3) is 0.222. The number of ether oxygens (including phenoxy) is 1. The van der Waals surface area contributed by atoms with Gasteiger partial charge in [0.15, 0.2) is 11.6 Å². The molecule has 0 saturated carbocycles. The molecule has 2 aromatic rings. The van der Waals surface area contributed by atoms with Crippen molar-refractivity contribution in [3.8, 4) is 5.75 Å². The molecule has 1 unspecified atom stereocenters. The van der Waals surface area contributed by atoms with Gasteiger partial charge in [0.2, 0.25) is 0 Å². The number of benzene rings is 1. The highest BCUT2D eigenvalue weighted by Gasteiger charge is 2.20. The highest BCUT2D eigenvalue weighted by Crippen LogP contribution is 2.36. The van der Waals surface area contributed by atoms with E-state index in [1.165, 1.54) is 24.5 Å². The van der Waals surface area contributed by atoms with Crippen LogP contribution in [-0.4, -0.2) is 11.2 Å². The Morgan fingerprint density at radius 1 is 1.38 bits per heavy atom. The van der Waals surface area contributed by atoms with Gasteiger partial charge in [0.05, 0.1) is 11.2 Å². The molecule has 0 spiro atoms. The third-order valence-corrected chi connectivity index (χ3v) is 3.99. The number of hydrogen-bond donors (Lipinski definition) is 2. The molecule has 0 radical (unpaired) electrons.